The predicted octanol–water partition coefficient (Wildman–Crippen LogP) is 5.57. The van der Waals surface area contributed by atoms with Crippen molar-refractivity contribution in [1.82, 2.24) is 0 Å². The average Bonchev–Trinajstić information content (AvgIpc) is 2.77. The first-order chi connectivity index (χ1) is 15.7. The van der Waals surface area contributed by atoms with Gasteiger partial charge in [-0.05, 0) is 60.4 Å². The first kappa shape index (κ1) is 24.3. The number of carboxylic acids is 2. The summed E-state index contributed by atoms with van der Waals surface area (Å²) < 4.78 is 20.7. The van der Waals surface area contributed by atoms with E-state index >= 15 is 0 Å². The Hall–Kier alpha value is -3.39. The van der Waals surface area contributed by atoms with Crippen molar-refractivity contribution in [1.29, 1.82) is 0 Å². The van der Waals surface area contributed by atoms with Gasteiger partial charge in [0.2, 0.25) is 0 Å². The molecular weight excluding hydrogens is 495 g/mol. The van der Waals surface area contributed by atoms with E-state index in [2.05, 4.69) is 15.9 Å². The van der Waals surface area contributed by atoms with Gasteiger partial charge in [-0.25, -0.2) is 4.39 Å². The molecule has 0 aliphatic carbocycles. The summed E-state index contributed by atoms with van der Waals surface area (Å²) in [6, 6.07) is 14.6. The lowest BCUT2D eigenvalue weighted by Crippen LogP contribution is -2.02. The van der Waals surface area contributed by atoms with E-state index in [0.717, 1.165) is 5.56 Å². The molecule has 0 aliphatic rings. The SMILES string of the molecule is O=C(O)CCc1ccc(O)c(-c2cc(CCC(=O)O)ccc2OCc2ccc(Br)cc2F)c1. The number of ether oxygens (including phenoxy) is 1. The lowest BCUT2D eigenvalue weighted by atomic mass is 9.96. The van der Waals surface area contributed by atoms with Crippen LogP contribution in [0.25, 0.3) is 11.1 Å². The minimum atomic E-state index is -0.930. The Balaban J connectivity index is 1.97. The number of aromatic hydroxyl groups is 1. The molecule has 0 amide bonds. The summed E-state index contributed by atoms with van der Waals surface area (Å²) in [5.74, 6) is -1.95. The molecule has 0 radical (unpaired) electrons. The van der Waals surface area contributed by atoms with Gasteiger partial charge in [0, 0.05) is 34.0 Å². The van der Waals surface area contributed by atoms with E-state index in [4.69, 9.17) is 14.9 Å². The van der Waals surface area contributed by atoms with Crippen LogP contribution in [0.3, 0.4) is 0 Å². The first-order valence-electron chi connectivity index (χ1n) is 10.2. The van der Waals surface area contributed by atoms with Crippen molar-refractivity contribution < 1.29 is 34.0 Å². The minimum absolute atomic E-state index is 0.0378. The third-order valence-electron chi connectivity index (χ3n) is 5.05. The normalized spacial score (nSPS) is 10.7. The largest absolute Gasteiger partial charge is 0.507 e. The molecule has 0 heterocycles. The van der Waals surface area contributed by atoms with Gasteiger partial charge in [0.1, 0.15) is 23.9 Å². The van der Waals surface area contributed by atoms with Crippen molar-refractivity contribution in [2.24, 2.45) is 0 Å². The van der Waals surface area contributed by atoms with Crippen LogP contribution in [0.4, 0.5) is 4.39 Å². The van der Waals surface area contributed by atoms with E-state index < -0.39 is 17.8 Å². The van der Waals surface area contributed by atoms with Crippen LogP contribution in [-0.2, 0) is 29.0 Å². The molecule has 33 heavy (non-hydrogen) atoms. The summed E-state index contributed by atoms with van der Waals surface area (Å²) in [7, 11) is 0. The van der Waals surface area contributed by atoms with Crippen molar-refractivity contribution in [2.45, 2.75) is 32.3 Å². The number of phenols is 1. The Labute approximate surface area is 198 Å². The fourth-order valence-corrected chi connectivity index (χ4v) is 3.65. The number of phenolic OH excluding ortho intramolecular Hbond substituents is 1. The Bertz CT molecular complexity index is 1180. The summed E-state index contributed by atoms with van der Waals surface area (Å²) in [5.41, 5.74) is 2.71. The zero-order chi connectivity index (χ0) is 24.0. The molecule has 0 bridgehead atoms. The van der Waals surface area contributed by atoms with Crippen LogP contribution >= 0.6 is 15.9 Å². The lowest BCUT2D eigenvalue weighted by molar-refractivity contribution is -0.138. The molecule has 0 aliphatic heterocycles. The zero-order valence-electron chi connectivity index (χ0n) is 17.6. The van der Waals surface area contributed by atoms with Gasteiger partial charge in [-0.15, -0.1) is 0 Å². The second-order valence-electron chi connectivity index (χ2n) is 7.49. The van der Waals surface area contributed by atoms with Gasteiger partial charge in [-0.2, -0.15) is 0 Å². The molecular formula is C25H22BrFO6. The summed E-state index contributed by atoms with van der Waals surface area (Å²) in [5, 5.41) is 28.5. The Kier molecular flexibility index (Phi) is 8.06. The fraction of sp³-hybridized carbons (Fsp3) is 0.200. The molecule has 0 unspecified atom stereocenters. The number of aliphatic carboxylic acids is 2. The van der Waals surface area contributed by atoms with E-state index in [-0.39, 0.29) is 38.0 Å². The monoisotopic (exact) mass is 516 g/mol. The standard InChI is InChI=1S/C25H22BrFO6/c26-18-6-5-17(21(27)13-18)14-33-23-8-2-16(4-10-25(31)32)12-20(23)19-11-15(1-7-22(19)28)3-9-24(29)30/h1-2,5-8,11-13,28H,3-4,9-10,14H2,(H,29,30)(H,31,32). The topological polar surface area (TPSA) is 104 Å². The Morgan fingerprint density at radius 2 is 1.45 bits per heavy atom. The first-order valence-corrected chi connectivity index (χ1v) is 11.0. The molecule has 3 rings (SSSR count). The molecule has 0 fully saturated rings. The number of halogens is 2. The maximum Gasteiger partial charge on any atom is 0.303 e. The van der Waals surface area contributed by atoms with Crippen LogP contribution in [-0.4, -0.2) is 27.3 Å². The summed E-state index contributed by atoms with van der Waals surface area (Å²) >= 11 is 3.22. The number of aryl methyl sites for hydroxylation is 2. The minimum Gasteiger partial charge on any atom is -0.507 e. The molecule has 3 aromatic rings. The van der Waals surface area contributed by atoms with Gasteiger partial charge in [0.05, 0.1) is 0 Å². The highest BCUT2D eigenvalue weighted by Gasteiger charge is 2.15. The maximum atomic E-state index is 14.2. The quantitative estimate of drug-likeness (QED) is 0.325. The molecule has 6 nitrogen and oxygen atoms in total. The Morgan fingerprint density at radius 1 is 0.848 bits per heavy atom. The van der Waals surface area contributed by atoms with Crippen molar-refractivity contribution in [2.75, 3.05) is 0 Å². The van der Waals surface area contributed by atoms with E-state index in [9.17, 15) is 19.1 Å². The van der Waals surface area contributed by atoms with E-state index in [1.54, 1.807) is 42.5 Å². The molecule has 172 valence electrons. The van der Waals surface area contributed by atoms with Crippen molar-refractivity contribution in [3.8, 4) is 22.6 Å². The fourth-order valence-electron chi connectivity index (χ4n) is 3.32. The van der Waals surface area contributed by atoms with Gasteiger partial charge < -0.3 is 20.1 Å². The molecule has 3 N–H and O–H groups in total. The van der Waals surface area contributed by atoms with Gasteiger partial charge in [-0.3, -0.25) is 9.59 Å². The Morgan fingerprint density at radius 3 is 2.06 bits per heavy atom. The van der Waals surface area contributed by atoms with Crippen molar-refractivity contribution in [3.63, 3.8) is 0 Å². The van der Waals surface area contributed by atoms with Gasteiger partial charge in [0.25, 0.3) is 0 Å². The summed E-state index contributed by atoms with van der Waals surface area (Å²) in [6.07, 6.45) is 0.439. The second-order valence-corrected chi connectivity index (χ2v) is 8.41. The molecule has 3 aromatic carbocycles. The molecule has 8 heteroatoms. The highest BCUT2D eigenvalue weighted by molar-refractivity contribution is 9.10. The number of carboxylic acid groups (broad SMARTS) is 2. The molecule has 0 spiro atoms. The number of hydrogen-bond acceptors (Lipinski definition) is 4. The van der Waals surface area contributed by atoms with Gasteiger partial charge in [-0.1, -0.05) is 34.1 Å². The van der Waals surface area contributed by atoms with Crippen LogP contribution < -0.4 is 4.74 Å². The summed E-state index contributed by atoms with van der Waals surface area (Å²) in [6.45, 7) is -0.0555. The average molecular weight is 517 g/mol. The maximum absolute atomic E-state index is 14.2. The number of benzene rings is 3. The highest BCUT2D eigenvalue weighted by Crippen LogP contribution is 2.38. The van der Waals surface area contributed by atoms with E-state index in [1.165, 1.54) is 12.1 Å². The third kappa shape index (κ3) is 6.79. The lowest BCUT2D eigenvalue weighted by Gasteiger charge is -2.16. The molecule has 0 saturated heterocycles. The van der Waals surface area contributed by atoms with Crippen molar-refractivity contribution in [3.05, 3.63) is 81.6 Å². The zero-order valence-corrected chi connectivity index (χ0v) is 19.1. The highest BCUT2D eigenvalue weighted by atomic mass is 79.9. The molecule has 0 atom stereocenters. The van der Waals surface area contributed by atoms with Crippen LogP contribution in [0.15, 0.2) is 59.1 Å². The van der Waals surface area contributed by atoms with E-state index in [1.807, 2.05) is 0 Å². The number of hydrogen-bond donors (Lipinski definition) is 3. The van der Waals surface area contributed by atoms with Gasteiger partial charge >= 0.3 is 11.9 Å². The van der Waals surface area contributed by atoms with E-state index in [0.29, 0.717) is 32.5 Å². The predicted molar refractivity (Wildman–Crippen MR) is 124 cm³/mol. The van der Waals surface area contributed by atoms with Gasteiger partial charge in [0.15, 0.2) is 0 Å². The second kappa shape index (κ2) is 11.0. The summed E-state index contributed by atoms with van der Waals surface area (Å²) in [4.78, 5) is 21.9. The number of rotatable bonds is 10. The third-order valence-corrected chi connectivity index (χ3v) is 5.54. The van der Waals surface area contributed by atoms with Crippen molar-refractivity contribution >= 4 is 27.9 Å². The van der Waals surface area contributed by atoms with Crippen LogP contribution in [0.5, 0.6) is 11.5 Å². The number of carbonyl (C=O) groups is 2. The van der Waals surface area contributed by atoms with Crippen LogP contribution in [0, 0.1) is 5.82 Å². The van der Waals surface area contributed by atoms with Crippen LogP contribution in [0.1, 0.15) is 29.5 Å². The molecule has 0 aromatic heterocycles. The smallest absolute Gasteiger partial charge is 0.303 e. The van der Waals surface area contributed by atoms with Crippen LogP contribution in [0.2, 0.25) is 0 Å². The molecule has 0 saturated carbocycles.